The van der Waals surface area contributed by atoms with Crippen LogP contribution in [0.3, 0.4) is 0 Å². The Hall–Kier alpha value is -1.43. The molecule has 1 amide bonds. The van der Waals surface area contributed by atoms with Gasteiger partial charge in [-0.2, -0.15) is 5.10 Å². The minimum absolute atomic E-state index is 0.0296. The third kappa shape index (κ3) is 2.49. The number of nitrogens with zero attached hydrogens (tertiary/aromatic N) is 3. The highest BCUT2D eigenvalue weighted by Gasteiger charge is 2.51. The number of thiocarbonyl (C=S) groups is 1. The van der Waals surface area contributed by atoms with Crippen molar-refractivity contribution >= 4 is 23.1 Å². The van der Waals surface area contributed by atoms with Gasteiger partial charge in [-0.1, -0.05) is 19.1 Å². The summed E-state index contributed by atoms with van der Waals surface area (Å²) in [6.45, 7) is 2.65. The van der Waals surface area contributed by atoms with E-state index < -0.39 is 5.41 Å². The van der Waals surface area contributed by atoms with Gasteiger partial charge in [0.2, 0.25) is 5.91 Å². The summed E-state index contributed by atoms with van der Waals surface area (Å²) in [6.07, 6.45) is 5.19. The van der Waals surface area contributed by atoms with E-state index in [1.165, 1.54) is 0 Å². The Balaban J connectivity index is 2.08. The van der Waals surface area contributed by atoms with E-state index in [-0.39, 0.29) is 5.91 Å². The molecule has 1 aromatic rings. The molecule has 1 heterocycles. The highest BCUT2D eigenvalue weighted by Crippen LogP contribution is 2.47. The summed E-state index contributed by atoms with van der Waals surface area (Å²) in [5.41, 5.74) is 6.18. The van der Waals surface area contributed by atoms with Crippen LogP contribution in [0.4, 0.5) is 0 Å². The van der Waals surface area contributed by atoms with Crippen molar-refractivity contribution in [2.75, 3.05) is 7.05 Å². The second kappa shape index (κ2) is 4.92. The van der Waals surface area contributed by atoms with Gasteiger partial charge in [-0.25, -0.2) is 0 Å². The molecule has 0 aliphatic heterocycles. The monoisotopic (exact) mass is 280 g/mol. The topological polar surface area (TPSA) is 64.2 Å². The number of amides is 1. The molecule has 5 nitrogen and oxygen atoms in total. The SMILES string of the molecule is CC1CC(C(=O)N(C)Cc2cnn(C)c2)(C(N)=S)C1. The van der Waals surface area contributed by atoms with Crippen LogP contribution in [0, 0.1) is 11.3 Å². The molecule has 1 aliphatic rings. The van der Waals surface area contributed by atoms with Gasteiger partial charge in [-0.15, -0.1) is 0 Å². The zero-order chi connectivity index (χ0) is 14.2. The van der Waals surface area contributed by atoms with Crippen molar-refractivity contribution in [2.24, 2.45) is 24.1 Å². The Morgan fingerprint density at radius 2 is 2.32 bits per heavy atom. The molecule has 0 radical (unpaired) electrons. The van der Waals surface area contributed by atoms with Gasteiger partial charge >= 0.3 is 0 Å². The molecular formula is C13H20N4OS. The van der Waals surface area contributed by atoms with E-state index in [4.69, 9.17) is 18.0 Å². The predicted molar refractivity (Wildman–Crippen MR) is 77.3 cm³/mol. The maximum atomic E-state index is 12.6. The van der Waals surface area contributed by atoms with Crippen molar-refractivity contribution in [2.45, 2.75) is 26.3 Å². The quantitative estimate of drug-likeness (QED) is 0.838. The van der Waals surface area contributed by atoms with E-state index in [1.807, 2.05) is 13.2 Å². The van der Waals surface area contributed by atoms with Crippen LogP contribution in [0.15, 0.2) is 12.4 Å². The van der Waals surface area contributed by atoms with Crippen LogP contribution in [0.1, 0.15) is 25.3 Å². The first-order valence-corrected chi connectivity index (χ1v) is 6.79. The lowest BCUT2D eigenvalue weighted by Gasteiger charge is -2.45. The largest absolute Gasteiger partial charge is 0.392 e. The van der Waals surface area contributed by atoms with Crippen molar-refractivity contribution in [1.82, 2.24) is 14.7 Å². The molecule has 104 valence electrons. The van der Waals surface area contributed by atoms with Crippen molar-refractivity contribution in [3.8, 4) is 0 Å². The van der Waals surface area contributed by atoms with Crippen LogP contribution in [-0.4, -0.2) is 32.6 Å². The predicted octanol–water partition coefficient (Wildman–Crippen LogP) is 1.08. The number of carbonyl (C=O) groups excluding carboxylic acids is 1. The molecule has 0 saturated heterocycles. The Labute approximate surface area is 118 Å². The molecule has 6 heteroatoms. The number of hydrogen-bond acceptors (Lipinski definition) is 3. The van der Waals surface area contributed by atoms with Crippen LogP contribution in [0.25, 0.3) is 0 Å². The average molecular weight is 280 g/mol. The molecule has 0 aromatic carbocycles. The van der Waals surface area contributed by atoms with Crippen LogP contribution in [0.2, 0.25) is 0 Å². The van der Waals surface area contributed by atoms with E-state index in [0.717, 1.165) is 18.4 Å². The second-order valence-corrected chi connectivity index (χ2v) is 6.08. The lowest BCUT2D eigenvalue weighted by atomic mass is 9.61. The number of hydrogen-bond donors (Lipinski definition) is 1. The zero-order valence-corrected chi connectivity index (χ0v) is 12.4. The first-order chi connectivity index (χ1) is 8.85. The van der Waals surface area contributed by atoms with Gasteiger partial charge in [0, 0.05) is 32.4 Å². The first kappa shape index (κ1) is 14.0. The van der Waals surface area contributed by atoms with Gasteiger partial charge < -0.3 is 10.6 Å². The highest BCUT2D eigenvalue weighted by atomic mass is 32.1. The lowest BCUT2D eigenvalue weighted by molar-refractivity contribution is -0.143. The molecule has 2 rings (SSSR count). The molecule has 0 atom stereocenters. The van der Waals surface area contributed by atoms with Crippen LogP contribution in [-0.2, 0) is 18.4 Å². The fourth-order valence-corrected chi connectivity index (χ4v) is 3.13. The third-order valence-corrected chi connectivity index (χ3v) is 4.19. The Morgan fingerprint density at radius 1 is 1.68 bits per heavy atom. The standard InChI is InChI=1S/C13H20N4OS/c1-9-4-13(5-9,11(14)19)12(18)16(2)7-10-6-15-17(3)8-10/h6,8-9H,4-5,7H2,1-3H3,(H2,14,19). The molecule has 1 saturated carbocycles. The molecule has 0 spiro atoms. The summed E-state index contributed by atoms with van der Waals surface area (Å²) in [7, 11) is 3.65. The molecule has 0 unspecified atom stereocenters. The summed E-state index contributed by atoms with van der Waals surface area (Å²) >= 11 is 5.11. The van der Waals surface area contributed by atoms with E-state index in [2.05, 4.69) is 12.0 Å². The van der Waals surface area contributed by atoms with E-state index in [1.54, 1.807) is 22.8 Å². The fraction of sp³-hybridized carbons (Fsp3) is 0.615. The number of rotatable bonds is 4. The number of nitrogens with two attached hydrogens (primary N) is 1. The van der Waals surface area contributed by atoms with Crippen molar-refractivity contribution < 1.29 is 4.79 Å². The fourth-order valence-electron chi connectivity index (χ4n) is 2.88. The smallest absolute Gasteiger partial charge is 0.235 e. The summed E-state index contributed by atoms with van der Waals surface area (Å²) in [6, 6.07) is 0. The highest BCUT2D eigenvalue weighted by molar-refractivity contribution is 7.80. The van der Waals surface area contributed by atoms with Gasteiger partial charge in [-0.3, -0.25) is 9.48 Å². The van der Waals surface area contributed by atoms with Crippen LogP contribution >= 0.6 is 12.2 Å². The van der Waals surface area contributed by atoms with Crippen molar-refractivity contribution in [3.63, 3.8) is 0 Å². The Kier molecular flexibility index (Phi) is 3.62. The maximum Gasteiger partial charge on any atom is 0.235 e. The molecule has 1 fully saturated rings. The number of aryl methyl sites for hydroxylation is 1. The molecule has 1 aromatic heterocycles. The summed E-state index contributed by atoms with van der Waals surface area (Å²) < 4.78 is 1.72. The second-order valence-electron chi connectivity index (χ2n) is 5.64. The number of aromatic nitrogens is 2. The Bertz CT molecular complexity index is 504. The minimum Gasteiger partial charge on any atom is -0.392 e. The van der Waals surface area contributed by atoms with E-state index >= 15 is 0 Å². The van der Waals surface area contributed by atoms with Gasteiger partial charge in [0.05, 0.1) is 16.6 Å². The van der Waals surface area contributed by atoms with Gasteiger partial charge in [0.1, 0.15) is 0 Å². The molecular weight excluding hydrogens is 260 g/mol. The molecule has 19 heavy (non-hydrogen) atoms. The maximum absolute atomic E-state index is 12.6. The molecule has 2 N–H and O–H groups in total. The first-order valence-electron chi connectivity index (χ1n) is 6.38. The van der Waals surface area contributed by atoms with E-state index in [9.17, 15) is 4.79 Å². The van der Waals surface area contributed by atoms with E-state index in [0.29, 0.717) is 17.5 Å². The van der Waals surface area contributed by atoms with Gasteiger partial charge in [-0.05, 0) is 18.8 Å². The zero-order valence-electron chi connectivity index (χ0n) is 11.6. The normalized spacial score (nSPS) is 25.7. The van der Waals surface area contributed by atoms with Crippen LogP contribution in [0.5, 0.6) is 0 Å². The number of carbonyl (C=O) groups is 1. The summed E-state index contributed by atoms with van der Waals surface area (Å²) in [5.74, 6) is 0.541. The lowest BCUT2D eigenvalue weighted by Crippen LogP contribution is -2.56. The van der Waals surface area contributed by atoms with Crippen molar-refractivity contribution in [1.29, 1.82) is 0 Å². The Morgan fingerprint density at radius 3 is 2.74 bits per heavy atom. The van der Waals surface area contributed by atoms with Crippen LogP contribution < -0.4 is 5.73 Å². The average Bonchev–Trinajstić information content (AvgIpc) is 2.68. The minimum atomic E-state index is -0.619. The molecule has 1 aliphatic carbocycles. The van der Waals surface area contributed by atoms with Gasteiger partial charge in [0.25, 0.3) is 0 Å². The summed E-state index contributed by atoms with van der Waals surface area (Å²) in [5, 5.41) is 4.10. The van der Waals surface area contributed by atoms with Gasteiger partial charge in [0.15, 0.2) is 0 Å². The van der Waals surface area contributed by atoms with Crippen molar-refractivity contribution in [3.05, 3.63) is 18.0 Å². The third-order valence-electron chi connectivity index (χ3n) is 3.80. The molecule has 0 bridgehead atoms. The summed E-state index contributed by atoms with van der Waals surface area (Å²) in [4.78, 5) is 14.6.